The summed E-state index contributed by atoms with van der Waals surface area (Å²) in [4.78, 5) is 0. The maximum absolute atomic E-state index is 5.47. The molecule has 126 valence electrons. The summed E-state index contributed by atoms with van der Waals surface area (Å²) < 4.78 is 26.4. The fraction of sp³-hybridized carbons (Fsp3) is 0.875. The maximum Gasteiger partial charge on any atom is 0.111 e. The molecule has 0 N–H and O–H groups in total. The number of unbranched alkanes of at least 4 members (excludes halogenated alkanes) is 3. The third kappa shape index (κ3) is 19.4. The highest BCUT2D eigenvalue weighted by Gasteiger charge is 1.93. The zero-order valence-corrected chi connectivity index (χ0v) is 13.5. The minimum absolute atomic E-state index is 0.533. The first-order chi connectivity index (χ1) is 10.4. The van der Waals surface area contributed by atoms with E-state index in [1.807, 2.05) is 0 Å². The van der Waals surface area contributed by atoms with Gasteiger partial charge < -0.3 is 23.7 Å². The van der Waals surface area contributed by atoms with Crippen LogP contribution >= 0.6 is 0 Å². The SMILES string of the molecule is C=COCCOCCOCCOCCOCCCCCC. The Morgan fingerprint density at radius 1 is 0.619 bits per heavy atom. The lowest BCUT2D eigenvalue weighted by Crippen LogP contribution is -2.13. The van der Waals surface area contributed by atoms with E-state index in [0.717, 1.165) is 13.0 Å². The van der Waals surface area contributed by atoms with Gasteiger partial charge in [0.2, 0.25) is 0 Å². The highest BCUT2D eigenvalue weighted by Crippen LogP contribution is 1.98. The predicted octanol–water partition coefficient (Wildman–Crippen LogP) is 2.79. The lowest BCUT2D eigenvalue weighted by atomic mass is 10.2. The van der Waals surface area contributed by atoms with E-state index in [-0.39, 0.29) is 0 Å². The summed E-state index contributed by atoms with van der Waals surface area (Å²) in [6.07, 6.45) is 6.37. The van der Waals surface area contributed by atoms with Crippen LogP contribution in [0.1, 0.15) is 32.6 Å². The van der Waals surface area contributed by atoms with Crippen LogP contribution < -0.4 is 0 Å². The van der Waals surface area contributed by atoms with Crippen LogP contribution in [0.2, 0.25) is 0 Å². The van der Waals surface area contributed by atoms with E-state index in [4.69, 9.17) is 23.7 Å². The number of hydrogen-bond acceptors (Lipinski definition) is 5. The lowest BCUT2D eigenvalue weighted by Gasteiger charge is -2.07. The minimum atomic E-state index is 0.533. The van der Waals surface area contributed by atoms with Gasteiger partial charge in [-0.15, -0.1) is 0 Å². The third-order valence-electron chi connectivity index (χ3n) is 2.72. The van der Waals surface area contributed by atoms with Crippen LogP contribution in [0.15, 0.2) is 12.8 Å². The first-order valence-electron chi connectivity index (χ1n) is 7.95. The van der Waals surface area contributed by atoms with Crippen molar-refractivity contribution in [3.63, 3.8) is 0 Å². The fourth-order valence-electron chi connectivity index (χ4n) is 1.58. The molecule has 5 nitrogen and oxygen atoms in total. The summed E-state index contributed by atoms with van der Waals surface area (Å²) in [5.74, 6) is 0. The molecule has 0 amide bonds. The topological polar surface area (TPSA) is 46.2 Å². The molecule has 0 aliphatic carbocycles. The van der Waals surface area contributed by atoms with Gasteiger partial charge in [0.15, 0.2) is 0 Å². The van der Waals surface area contributed by atoms with Crippen molar-refractivity contribution in [2.45, 2.75) is 32.6 Å². The van der Waals surface area contributed by atoms with Gasteiger partial charge in [0.25, 0.3) is 0 Å². The summed E-state index contributed by atoms with van der Waals surface area (Å²) in [7, 11) is 0. The smallest absolute Gasteiger partial charge is 0.111 e. The van der Waals surface area contributed by atoms with Gasteiger partial charge in [-0.3, -0.25) is 0 Å². The molecule has 0 bridgehead atoms. The molecule has 0 aliphatic heterocycles. The van der Waals surface area contributed by atoms with E-state index in [1.54, 1.807) is 0 Å². The molecule has 0 aromatic carbocycles. The fourth-order valence-corrected chi connectivity index (χ4v) is 1.58. The molecule has 0 spiro atoms. The Morgan fingerprint density at radius 2 is 1.10 bits per heavy atom. The molecule has 5 heteroatoms. The minimum Gasteiger partial charge on any atom is -0.499 e. The second-order valence-corrected chi connectivity index (χ2v) is 4.55. The van der Waals surface area contributed by atoms with Crippen LogP contribution in [0.3, 0.4) is 0 Å². The van der Waals surface area contributed by atoms with Crippen LogP contribution in [0.4, 0.5) is 0 Å². The monoisotopic (exact) mass is 304 g/mol. The summed E-state index contributed by atoms with van der Waals surface area (Å²) in [5.41, 5.74) is 0. The molecule has 0 aliphatic rings. The lowest BCUT2D eigenvalue weighted by molar-refractivity contribution is -0.00637. The van der Waals surface area contributed by atoms with E-state index in [1.165, 1.54) is 25.5 Å². The predicted molar refractivity (Wildman–Crippen MR) is 83.6 cm³/mol. The van der Waals surface area contributed by atoms with E-state index in [2.05, 4.69) is 13.5 Å². The first kappa shape index (κ1) is 20.4. The number of ether oxygens (including phenoxy) is 5. The highest BCUT2D eigenvalue weighted by atomic mass is 16.6. The molecule has 0 aromatic rings. The van der Waals surface area contributed by atoms with Crippen molar-refractivity contribution in [1.29, 1.82) is 0 Å². The molecule has 0 unspecified atom stereocenters. The molecular weight excluding hydrogens is 272 g/mol. The van der Waals surface area contributed by atoms with Crippen molar-refractivity contribution in [1.82, 2.24) is 0 Å². The van der Waals surface area contributed by atoms with Crippen LogP contribution in [0.25, 0.3) is 0 Å². The van der Waals surface area contributed by atoms with E-state index >= 15 is 0 Å². The van der Waals surface area contributed by atoms with Gasteiger partial charge >= 0.3 is 0 Å². The van der Waals surface area contributed by atoms with Gasteiger partial charge in [0.1, 0.15) is 6.61 Å². The van der Waals surface area contributed by atoms with Crippen molar-refractivity contribution in [2.75, 3.05) is 59.5 Å². The van der Waals surface area contributed by atoms with E-state index in [0.29, 0.717) is 52.9 Å². The Bertz CT molecular complexity index is 199. The average molecular weight is 304 g/mol. The van der Waals surface area contributed by atoms with E-state index in [9.17, 15) is 0 Å². The summed E-state index contributed by atoms with van der Waals surface area (Å²) in [5, 5.41) is 0. The van der Waals surface area contributed by atoms with E-state index < -0.39 is 0 Å². The van der Waals surface area contributed by atoms with Crippen molar-refractivity contribution >= 4 is 0 Å². The van der Waals surface area contributed by atoms with Crippen molar-refractivity contribution in [2.24, 2.45) is 0 Å². The Kier molecular flexibility index (Phi) is 18.8. The molecule has 0 radical (unpaired) electrons. The summed E-state index contributed by atoms with van der Waals surface area (Å²) in [6, 6.07) is 0. The highest BCUT2D eigenvalue weighted by molar-refractivity contribution is 4.47. The zero-order valence-electron chi connectivity index (χ0n) is 13.5. The van der Waals surface area contributed by atoms with Crippen molar-refractivity contribution in [3.05, 3.63) is 12.8 Å². The number of rotatable bonds is 18. The van der Waals surface area contributed by atoms with Crippen molar-refractivity contribution in [3.8, 4) is 0 Å². The molecular formula is C16H32O5. The van der Waals surface area contributed by atoms with Crippen LogP contribution in [0.5, 0.6) is 0 Å². The van der Waals surface area contributed by atoms with Crippen molar-refractivity contribution < 1.29 is 23.7 Å². The summed E-state index contributed by atoms with van der Waals surface area (Å²) in [6.45, 7) is 11.2. The Morgan fingerprint density at radius 3 is 1.57 bits per heavy atom. The first-order valence-corrected chi connectivity index (χ1v) is 7.95. The normalized spacial score (nSPS) is 10.7. The average Bonchev–Trinajstić information content (AvgIpc) is 2.50. The largest absolute Gasteiger partial charge is 0.499 e. The van der Waals surface area contributed by atoms with Crippen LogP contribution in [-0.2, 0) is 23.7 Å². The summed E-state index contributed by atoms with van der Waals surface area (Å²) >= 11 is 0. The number of hydrogen-bond donors (Lipinski definition) is 0. The van der Waals surface area contributed by atoms with Gasteiger partial charge in [-0.05, 0) is 6.42 Å². The zero-order chi connectivity index (χ0) is 15.4. The standard InChI is InChI=1S/C16H32O5/c1-3-5-6-7-8-18-11-12-20-15-16-21-14-13-19-10-9-17-4-2/h4H,2-3,5-16H2,1H3. The molecule has 0 saturated heterocycles. The molecule has 0 saturated carbocycles. The molecule has 0 atom stereocenters. The quantitative estimate of drug-likeness (QED) is 0.288. The third-order valence-corrected chi connectivity index (χ3v) is 2.72. The molecule has 0 fully saturated rings. The maximum atomic E-state index is 5.47. The van der Waals surface area contributed by atoms with Gasteiger partial charge in [-0.1, -0.05) is 32.8 Å². The molecule has 0 rings (SSSR count). The molecule has 21 heavy (non-hydrogen) atoms. The van der Waals surface area contributed by atoms with Gasteiger partial charge in [0, 0.05) is 6.61 Å². The van der Waals surface area contributed by atoms with Gasteiger partial charge in [-0.2, -0.15) is 0 Å². The second-order valence-electron chi connectivity index (χ2n) is 4.55. The molecule has 0 heterocycles. The Balaban J connectivity index is 2.91. The van der Waals surface area contributed by atoms with Gasteiger partial charge in [-0.25, -0.2) is 0 Å². The Hall–Kier alpha value is -0.620. The van der Waals surface area contributed by atoms with Crippen LogP contribution in [-0.4, -0.2) is 59.5 Å². The van der Waals surface area contributed by atoms with Crippen LogP contribution in [0, 0.1) is 0 Å². The van der Waals surface area contributed by atoms with Gasteiger partial charge in [0.05, 0.1) is 52.5 Å². The molecule has 0 aromatic heterocycles. The Labute approximate surface area is 129 Å². The second kappa shape index (κ2) is 19.4.